The summed E-state index contributed by atoms with van der Waals surface area (Å²) in [6.07, 6.45) is 6.77. The fourth-order valence-electron chi connectivity index (χ4n) is 9.07. The maximum Gasteiger partial charge on any atom is 0.178 e. The Kier molecular flexibility index (Phi) is 7.51. The number of rotatable bonds is 6. The summed E-state index contributed by atoms with van der Waals surface area (Å²) in [5, 5.41) is 2.44. The zero-order valence-electron chi connectivity index (χ0n) is 28.6. The van der Waals surface area contributed by atoms with Crippen LogP contribution in [-0.4, -0.2) is 52.6 Å². The number of hydrogen-bond donors (Lipinski definition) is 0. The molecule has 5 aromatic rings. The van der Waals surface area contributed by atoms with Crippen LogP contribution in [0.15, 0.2) is 103 Å². The Morgan fingerprint density at radius 1 is 0.633 bits per heavy atom. The second kappa shape index (κ2) is 12.1. The smallest absolute Gasteiger partial charge is 0.178 e. The first-order chi connectivity index (χ1) is 24.2. The molecule has 0 amide bonds. The topological polar surface area (TPSA) is 34.2 Å². The van der Waals surface area contributed by atoms with Crippen molar-refractivity contribution in [2.75, 3.05) is 62.4 Å². The third-order valence-corrected chi connectivity index (χ3v) is 11.7. The normalized spacial score (nSPS) is 20.9. The van der Waals surface area contributed by atoms with Crippen LogP contribution in [0, 0.1) is 0 Å². The predicted molar refractivity (Wildman–Crippen MR) is 200 cm³/mol. The molecule has 2 fully saturated rings. The quantitative estimate of drug-likeness (QED) is 0.184. The molecule has 3 heterocycles. The number of ether oxygens (including phenoxy) is 3. The second-order valence-electron chi connectivity index (χ2n) is 13.8. The van der Waals surface area contributed by atoms with Crippen molar-refractivity contribution in [2.45, 2.75) is 37.7 Å². The van der Waals surface area contributed by atoms with Gasteiger partial charge in [-0.15, -0.1) is 0 Å². The predicted octanol–water partition coefficient (Wildman–Crippen LogP) is 8.95. The van der Waals surface area contributed by atoms with Crippen molar-refractivity contribution in [2.24, 2.45) is 0 Å². The Bertz CT molecular complexity index is 2040. The van der Waals surface area contributed by atoms with Crippen LogP contribution in [0.1, 0.15) is 54.5 Å². The van der Waals surface area contributed by atoms with Crippen LogP contribution < -0.4 is 14.5 Å². The van der Waals surface area contributed by atoms with E-state index < -0.39 is 5.60 Å². The first-order valence-electron chi connectivity index (χ1n) is 18.1. The Balaban J connectivity index is 1.29. The molecule has 0 aromatic heterocycles. The van der Waals surface area contributed by atoms with Crippen LogP contribution in [0.4, 0.5) is 11.4 Å². The summed E-state index contributed by atoms with van der Waals surface area (Å²) in [7, 11) is 0. The first-order valence-corrected chi connectivity index (χ1v) is 18.1. The first kappa shape index (κ1) is 30.5. The van der Waals surface area contributed by atoms with Crippen molar-refractivity contribution in [1.82, 2.24) is 0 Å². The molecule has 5 heteroatoms. The van der Waals surface area contributed by atoms with Gasteiger partial charge in [-0.3, -0.25) is 0 Å². The van der Waals surface area contributed by atoms with Crippen LogP contribution in [0.2, 0.25) is 0 Å². The summed E-state index contributed by atoms with van der Waals surface area (Å²) in [6, 6.07) is 36.0. The highest BCUT2D eigenvalue weighted by atomic mass is 16.5. The molecule has 0 bridgehead atoms. The van der Waals surface area contributed by atoms with Crippen LogP contribution in [0.5, 0.6) is 5.75 Å². The Morgan fingerprint density at radius 3 is 1.94 bits per heavy atom. The van der Waals surface area contributed by atoms with Crippen molar-refractivity contribution in [1.29, 1.82) is 0 Å². The molecule has 9 rings (SSSR count). The summed E-state index contributed by atoms with van der Waals surface area (Å²) in [5.74, 6) is 0.978. The lowest BCUT2D eigenvalue weighted by atomic mass is 9.71. The van der Waals surface area contributed by atoms with E-state index in [1.807, 2.05) is 0 Å². The molecule has 2 saturated heterocycles. The van der Waals surface area contributed by atoms with Gasteiger partial charge in [-0.1, -0.05) is 92.7 Å². The lowest BCUT2D eigenvalue weighted by Gasteiger charge is -2.40. The molecule has 4 aliphatic rings. The molecule has 1 aliphatic carbocycles. The lowest BCUT2D eigenvalue weighted by Crippen LogP contribution is -2.37. The van der Waals surface area contributed by atoms with Gasteiger partial charge in [0.05, 0.1) is 26.4 Å². The monoisotopic (exact) mass is 648 g/mol. The number of morpholine rings is 2. The molecule has 0 radical (unpaired) electrons. The molecule has 1 unspecified atom stereocenters. The minimum Gasteiger partial charge on any atom is -0.472 e. The summed E-state index contributed by atoms with van der Waals surface area (Å²) in [6.45, 7) is 11.3. The maximum absolute atomic E-state index is 7.68. The molecule has 248 valence electrons. The summed E-state index contributed by atoms with van der Waals surface area (Å²) >= 11 is 0. The van der Waals surface area contributed by atoms with E-state index in [2.05, 4.69) is 133 Å². The van der Waals surface area contributed by atoms with Crippen LogP contribution in [-0.2, 0) is 20.5 Å². The second-order valence-corrected chi connectivity index (χ2v) is 13.8. The molecule has 3 aliphatic heterocycles. The number of nitrogens with zero attached hydrogens (tertiary/aromatic N) is 2. The van der Waals surface area contributed by atoms with Gasteiger partial charge in [0.25, 0.3) is 0 Å². The number of hydrogen-bond acceptors (Lipinski definition) is 5. The molecular formula is C44H44N2O3. The van der Waals surface area contributed by atoms with Gasteiger partial charge in [0.2, 0.25) is 0 Å². The maximum atomic E-state index is 7.68. The third-order valence-electron chi connectivity index (χ3n) is 11.7. The molecular weight excluding hydrogens is 604 g/mol. The molecule has 5 nitrogen and oxygen atoms in total. The van der Waals surface area contributed by atoms with E-state index in [0.29, 0.717) is 0 Å². The van der Waals surface area contributed by atoms with Gasteiger partial charge in [0, 0.05) is 65.0 Å². The average Bonchev–Trinajstić information content (AvgIpc) is 3.49. The van der Waals surface area contributed by atoms with Crippen molar-refractivity contribution >= 4 is 28.2 Å². The highest BCUT2D eigenvalue weighted by Gasteiger charge is 2.46. The molecule has 0 N–H and O–H groups in total. The van der Waals surface area contributed by atoms with Gasteiger partial charge in [-0.25, -0.2) is 0 Å². The van der Waals surface area contributed by atoms with E-state index in [1.54, 1.807) is 0 Å². The SMILES string of the molecule is CCC1(CC)c2ccccc2-c2c1c1c(c3cc(N4CCOCC4)ccc23)OC(c2ccccc2)(c2ccc(N3CCOCC3)cc2)C=C1. The number of benzene rings is 5. The minimum atomic E-state index is -0.791. The molecule has 0 saturated carbocycles. The van der Waals surface area contributed by atoms with Gasteiger partial charge in [0.1, 0.15) is 5.75 Å². The van der Waals surface area contributed by atoms with Crippen molar-refractivity contribution in [3.63, 3.8) is 0 Å². The molecule has 5 aromatic carbocycles. The summed E-state index contributed by atoms with van der Waals surface area (Å²) < 4.78 is 19.0. The van der Waals surface area contributed by atoms with Gasteiger partial charge in [0.15, 0.2) is 5.60 Å². The van der Waals surface area contributed by atoms with Gasteiger partial charge in [-0.2, -0.15) is 0 Å². The van der Waals surface area contributed by atoms with E-state index in [9.17, 15) is 0 Å². The summed E-state index contributed by atoms with van der Waals surface area (Å²) in [4.78, 5) is 4.86. The van der Waals surface area contributed by atoms with E-state index in [-0.39, 0.29) is 5.41 Å². The highest BCUT2D eigenvalue weighted by Crippen LogP contribution is 2.60. The summed E-state index contributed by atoms with van der Waals surface area (Å²) in [5.41, 5.74) is 10.6. The van der Waals surface area contributed by atoms with E-state index in [1.165, 1.54) is 50.0 Å². The van der Waals surface area contributed by atoms with E-state index >= 15 is 0 Å². The van der Waals surface area contributed by atoms with Gasteiger partial charge < -0.3 is 24.0 Å². The Morgan fingerprint density at radius 2 is 1.24 bits per heavy atom. The largest absolute Gasteiger partial charge is 0.472 e. The fourth-order valence-corrected chi connectivity index (χ4v) is 9.07. The minimum absolute atomic E-state index is 0.0899. The fraction of sp³-hybridized carbons (Fsp3) is 0.318. The third kappa shape index (κ3) is 4.66. The van der Waals surface area contributed by atoms with Crippen molar-refractivity contribution in [3.05, 3.63) is 131 Å². The van der Waals surface area contributed by atoms with Crippen LogP contribution in [0.25, 0.3) is 28.0 Å². The van der Waals surface area contributed by atoms with E-state index in [0.717, 1.165) is 82.3 Å². The van der Waals surface area contributed by atoms with Crippen molar-refractivity contribution < 1.29 is 14.2 Å². The van der Waals surface area contributed by atoms with Crippen LogP contribution in [0.3, 0.4) is 0 Å². The standard InChI is InChI=1S/C44H44N2O3/c1-3-43(4-2)39-13-9-8-12-36(39)40-35-19-18-34(46-24-28-48-29-25-46)30-38(35)42-37(41(40)43)20-21-44(49-42,31-10-6-5-7-11-31)32-14-16-33(17-15-32)45-22-26-47-27-23-45/h5-21,30H,3-4,22-29H2,1-2H3. The number of anilines is 2. The van der Waals surface area contributed by atoms with Crippen LogP contribution >= 0.6 is 0 Å². The molecule has 1 atom stereocenters. The van der Waals surface area contributed by atoms with Gasteiger partial charge >= 0.3 is 0 Å². The molecule has 49 heavy (non-hydrogen) atoms. The average molecular weight is 649 g/mol. The Labute approximate surface area is 289 Å². The zero-order chi connectivity index (χ0) is 33.0. The van der Waals surface area contributed by atoms with Gasteiger partial charge in [-0.05, 0) is 70.8 Å². The van der Waals surface area contributed by atoms with Crippen molar-refractivity contribution in [3.8, 4) is 16.9 Å². The van der Waals surface area contributed by atoms with E-state index in [4.69, 9.17) is 14.2 Å². The Hall–Kier alpha value is -4.58. The number of fused-ring (bicyclic) bond motifs is 8. The lowest BCUT2D eigenvalue weighted by molar-refractivity contribution is 0.122. The molecule has 0 spiro atoms. The zero-order valence-corrected chi connectivity index (χ0v) is 28.6. The highest BCUT2D eigenvalue weighted by molar-refractivity contribution is 6.09.